The average Bonchev–Trinajstić information content (AvgIpc) is 2.84. The zero-order valence-electron chi connectivity index (χ0n) is 17.0. The van der Waals surface area contributed by atoms with Crippen LogP contribution in [0.3, 0.4) is 0 Å². The fraction of sp³-hybridized carbons (Fsp3) is 0.0690. The lowest BCUT2D eigenvalue weighted by atomic mass is 9.94. The summed E-state index contributed by atoms with van der Waals surface area (Å²) in [6, 6.07) is 41.7. The topological polar surface area (TPSA) is 12.4 Å². The second-order valence-corrected chi connectivity index (χ2v) is 7.31. The van der Waals surface area contributed by atoms with Crippen LogP contribution in [0.4, 0.5) is 0 Å². The Morgan fingerprint density at radius 3 is 1.43 bits per heavy atom. The van der Waals surface area contributed by atoms with Crippen LogP contribution in [0, 0.1) is 0 Å². The van der Waals surface area contributed by atoms with Crippen molar-refractivity contribution in [3.8, 4) is 0 Å². The maximum absolute atomic E-state index is 5.31. The first-order valence-electron chi connectivity index (χ1n) is 10.3. The first-order valence-corrected chi connectivity index (χ1v) is 10.3. The molecular weight excluding hydrogens is 362 g/mol. The highest BCUT2D eigenvalue weighted by Gasteiger charge is 2.16. The van der Waals surface area contributed by atoms with Crippen LogP contribution >= 0.6 is 0 Å². The van der Waals surface area contributed by atoms with E-state index in [1.165, 1.54) is 5.56 Å². The van der Waals surface area contributed by atoms with Gasteiger partial charge in [-0.1, -0.05) is 128 Å². The van der Waals surface area contributed by atoms with Crippen LogP contribution in [0.5, 0.6) is 0 Å². The van der Waals surface area contributed by atoms with Crippen molar-refractivity contribution in [2.45, 2.75) is 12.5 Å². The molecule has 146 valence electrons. The summed E-state index contributed by atoms with van der Waals surface area (Å²) in [7, 11) is 0. The van der Waals surface area contributed by atoms with E-state index >= 15 is 0 Å². The molecule has 1 nitrogen and oxygen atoms in total. The van der Waals surface area contributed by atoms with Crippen molar-refractivity contribution in [1.82, 2.24) is 0 Å². The number of hydrogen-bond acceptors (Lipinski definition) is 1. The monoisotopic (exact) mass is 387 g/mol. The molecule has 0 heterocycles. The Balaban J connectivity index is 1.78. The van der Waals surface area contributed by atoms with Crippen LogP contribution in [-0.4, -0.2) is 5.71 Å². The Morgan fingerprint density at radius 2 is 0.967 bits per heavy atom. The van der Waals surface area contributed by atoms with Gasteiger partial charge in [0.15, 0.2) is 0 Å². The zero-order valence-corrected chi connectivity index (χ0v) is 17.0. The highest BCUT2D eigenvalue weighted by Crippen LogP contribution is 2.30. The minimum atomic E-state index is -0.0191. The van der Waals surface area contributed by atoms with Crippen LogP contribution in [0.15, 0.2) is 133 Å². The molecule has 4 aromatic carbocycles. The van der Waals surface area contributed by atoms with Crippen molar-refractivity contribution in [3.05, 3.63) is 150 Å². The number of hydrogen-bond donors (Lipinski definition) is 0. The zero-order chi connectivity index (χ0) is 20.6. The molecule has 0 bridgehead atoms. The molecule has 4 aromatic rings. The SMILES string of the molecule is C=C(CC(N=C(c1ccccc1)c1ccccc1)c1ccccc1)c1ccccc1. The Bertz CT molecular complexity index is 1060. The normalized spacial score (nSPS) is 11.5. The maximum atomic E-state index is 5.31. The summed E-state index contributed by atoms with van der Waals surface area (Å²) >= 11 is 0. The van der Waals surface area contributed by atoms with Crippen LogP contribution in [0.2, 0.25) is 0 Å². The predicted molar refractivity (Wildman–Crippen MR) is 128 cm³/mol. The van der Waals surface area contributed by atoms with Gasteiger partial charge in [-0.3, -0.25) is 4.99 Å². The largest absolute Gasteiger partial charge is 0.276 e. The molecule has 0 aromatic heterocycles. The van der Waals surface area contributed by atoms with Crippen LogP contribution < -0.4 is 0 Å². The van der Waals surface area contributed by atoms with Gasteiger partial charge >= 0.3 is 0 Å². The highest BCUT2D eigenvalue weighted by molar-refractivity contribution is 6.13. The second kappa shape index (κ2) is 9.67. The third-order valence-corrected chi connectivity index (χ3v) is 5.19. The van der Waals surface area contributed by atoms with E-state index in [1.54, 1.807) is 0 Å². The van der Waals surface area contributed by atoms with Crippen molar-refractivity contribution in [2.75, 3.05) is 0 Å². The summed E-state index contributed by atoms with van der Waals surface area (Å²) < 4.78 is 0. The molecule has 0 N–H and O–H groups in total. The Hall–Kier alpha value is -3.71. The molecule has 0 saturated carbocycles. The van der Waals surface area contributed by atoms with Gasteiger partial charge in [0.1, 0.15) is 0 Å². The Labute approximate surface area is 179 Å². The maximum Gasteiger partial charge on any atom is 0.0797 e. The molecule has 0 amide bonds. The van der Waals surface area contributed by atoms with E-state index in [1.807, 2.05) is 24.3 Å². The van der Waals surface area contributed by atoms with E-state index in [9.17, 15) is 0 Å². The molecule has 0 aliphatic rings. The number of aliphatic imine (C=N–C) groups is 1. The molecule has 1 atom stereocenters. The minimum Gasteiger partial charge on any atom is -0.276 e. The molecule has 0 fully saturated rings. The molecule has 0 aliphatic heterocycles. The van der Waals surface area contributed by atoms with Crippen molar-refractivity contribution < 1.29 is 0 Å². The van der Waals surface area contributed by atoms with Gasteiger partial charge in [-0.2, -0.15) is 0 Å². The van der Waals surface area contributed by atoms with E-state index in [0.29, 0.717) is 0 Å². The molecule has 30 heavy (non-hydrogen) atoms. The van der Waals surface area contributed by atoms with Crippen LogP contribution in [0.1, 0.15) is 34.7 Å². The fourth-order valence-electron chi connectivity index (χ4n) is 3.60. The summed E-state index contributed by atoms with van der Waals surface area (Å²) in [6.45, 7) is 4.37. The van der Waals surface area contributed by atoms with Crippen molar-refractivity contribution in [1.29, 1.82) is 0 Å². The van der Waals surface area contributed by atoms with Gasteiger partial charge in [-0.25, -0.2) is 0 Å². The number of nitrogens with zero attached hydrogens (tertiary/aromatic N) is 1. The van der Waals surface area contributed by atoms with Crippen molar-refractivity contribution in [3.63, 3.8) is 0 Å². The summed E-state index contributed by atoms with van der Waals surface area (Å²) in [5, 5.41) is 0. The summed E-state index contributed by atoms with van der Waals surface area (Å²) in [4.78, 5) is 5.31. The molecule has 4 rings (SSSR count). The third kappa shape index (κ3) is 4.82. The highest BCUT2D eigenvalue weighted by atomic mass is 14.8. The molecule has 1 heteroatoms. The number of benzene rings is 4. The third-order valence-electron chi connectivity index (χ3n) is 5.19. The van der Waals surface area contributed by atoms with Gasteiger partial charge in [0.25, 0.3) is 0 Å². The van der Waals surface area contributed by atoms with Gasteiger partial charge in [0.2, 0.25) is 0 Å². The van der Waals surface area contributed by atoms with E-state index < -0.39 is 0 Å². The lowest BCUT2D eigenvalue weighted by Gasteiger charge is -2.18. The first-order chi connectivity index (χ1) is 14.8. The lowest BCUT2D eigenvalue weighted by Crippen LogP contribution is -2.08. The summed E-state index contributed by atoms with van der Waals surface area (Å²) in [6.07, 6.45) is 0.761. The first kappa shape index (κ1) is 19.6. The predicted octanol–water partition coefficient (Wildman–Crippen LogP) is 7.37. The van der Waals surface area contributed by atoms with E-state index in [0.717, 1.165) is 34.4 Å². The van der Waals surface area contributed by atoms with Gasteiger partial charge in [-0.05, 0) is 23.1 Å². The molecule has 0 radical (unpaired) electrons. The molecule has 1 unspecified atom stereocenters. The Morgan fingerprint density at radius 1 is 0.567 bits per heavy atom. The van der Waals surface area contributed by atoms with E-state index in [2.05, 4.69) is 104 Å². The Kier molecular flexibility index (Phi) is 6.31. The molecule has 0 spiro atoms. The van der Waals surface area contributed by atoms with Crippen molar-refractivity contribution >= 4 is 11.3 Å². The quantitative estimate of drug-likeness (QED) is 0.294. The summed E-state index contributed by atoms with van der Waals surface area (Å²) in [5.41, 5.74) is 6.69. The summed E-state index contributed by atoms with van der Waals surface area (Å²) in [5.74, 6) is 0. The number of rotatable bonds is 7. The lowest BCUT2D eigenvalue weighted by molar-refractivity contribution is 0.755. The van der Waals surface area contributed by atoms with E-state index in [-0.39, 0.29) is 6.04 Å². The minimum absolute atomic E-state index is 0.0191. The van der Waals surface area contributed by atoms with Gasteiger partial charge in [0, 0.05) is 11.1 Å². The van der Waals surface area contributed by atoms with Gasteiger partial charge in [0.05, 0.1) is 11.8 Å². The smallest absolute Gasteiger partial charge is 0.0797 e. The van der Waals surface area contributed by atoms with Crippen molar-refractivity contribution in [2.24, 2.45) is 4.99 Å². The van der Waals surface area contributed by atoms with Crippen LogP contribution in [-0.2, 0) is 0 Å². The molecule has 0 aliphatic carbocycles. The van der Waals surface area contributed by atoms with E-state index in [4.69, 9.17) is 4.99 Å². The average molecular weight is 388 g/mol. The molecular formula is C29H25N. The van der Waals surface area contributed by atoms with Crippen LogP contribution in [0.25, 0.3) is 5.57 Å². The van der Waals surface area contributed by atoms with Gasteiger partial charge in [-0.15, -0.1) is 0 Å². The second-order valence-electron chi connectivity index (χ2n) is 7.31. The standard InChI is InChI=1S/C29H25N/c1-23(24-14-6-2-7-15-24)22-28(25-16-8-3-9-17-25)30-29(26-18-10-4-11-19-26)27-20-12-5-13-21-27/h2-21,28H,1,22H2. The fourth-order valence-corrected chi connectivity index (χ4v) is 3.60. The van der Waals surface area contributed by atoms with Gasteiger partial charge < -0.3 is 0 Å². The molecule has 0 saturated heterocycles.